The zero-order chi connectivity index (χ0) is 19.8. The van der Waals surface area contributed by atoms with Crippen molar-refractivity contribution in [3.05, 3.63) is 70.8 Å². The number of amides is 1. The maximum atomic E-state index is 12.3. The molecule has 6 heteroatoms. The number of rotatable bonds is 7. The van der Waals surface area contributed by atoms with Crippen LogP contribution in [0.5, 0.6) is 0 Å². The van der Waals surface area contributed by atoms with Crippen LogP contribution in [0.2, 0.25) is 5.02 Å². The van der Waals surface area contributed by atoms with Crippen molar-refractivity contribution in [1.29, 1.82) is 0 Å². The lowest BCUT2D eigenvalue weighted by atomic mass is 10.2. The molecule has 0 aliphatic carbocycles. The van der Waals surface area contributed by atoms with Crippen LogP contribution >= 0.6 is 24.0 Å². The van der Waals surface area contributed by atoms with Gasteiger partial charge in [0.15, 0.2) is 0 Å². The van der Waals surface area contributed by atoms with Gasteiger partial charge in [-0.1, -0.05) is 60.2 Å². The number of benzene rings is 2. The maximum absolute atomic E-state index is 12.3. The van der Waals surface area contributed by atoms with Crippen molar-refractivity contribution < 1.29 is 4.79 Å². The summed E-state index contributed by atoms with van der Waals surface area (Å²) in [5.41, 5.74) is 2.95. The largest absolute Gasteiger partial charge is 0.326 e. The van der Waals surface area contributed by atoms with Gasteiger partial charge >= 0.3 is 0 Å². The number of nitrogens with zero attached hydrogens (tertiary/aromatic N) is 2. The van der Waals surface area contributed by atoms with E-state index in [1.807, 2.05) is 31.2 Å². The Kier molecular flexibility index (Phi) is 9.68. The van der Waals surface area contributed by atoms with Crippen LogP contribution in [0, 0.1) is 6.92 Å². The second-order valence-electron chi connectivity index (χ2n) is 7.17. The predicted molar refractivity (Wildman–Crippen MR) is 125 cm³/mol. The van der Waals surface area contributed by atoms with Crippen molar-refractivity contribution >= 4 is 41.7 Å². The fourth-order valence-corrected chi connectivity index (χ4v) is 3.49. The van der Waals surface area contributed by atoms with Crippen LogP contribution in [0.3, 0.4) is 0 Å². The molecule has 0 aromatic heterocycles. The molecule has 0 atom stereocenters. The smallest absolute Gasteiger partial charge is 0.225 e. The number of anilines is 1. The lowest BCUT2D eigenvalue weighted by Gasteiger charge is -2.34. The molecule has 29 heavy (non-hydrogen) atoms. The van der Waals surface area contributed by atoms with E-state index < -0.39 is 0 Å². The summed E-state index contributed by atoms with van der Waals surface area (Å²) in [5.74, 6) is 0.0404. The summed E-state index contributed by atoms with van der Waals surface area (Å²) in [5, 5.41) is 3.65. The van der Waals surface area contributed by atoms with Crippen LogP contribution in [0.1, 0.15) is 17.5 Å². The van der Waals surface area contributed by atoms with Crippen LogP contribution in [0.25, 0.3) is 6.08 Å². The molecule has 0 saturated carbocycles. The average molecular weight is 434 g/mol. The van der Waals surface area contributed by atoms with E-state index in [1.165, 1.54) is 5.56 Å². The monoisotopic (exact) mass is 433 g/mol. The number of hydrogen-bond acceptors (Lipinski definition) is 3. The first-order chi connectivity index (χ1) is 13.6. The van der Waals surface area contributed by atoms with Gasteiger partial charge < -0.3 is 10.2 Å². The first-order valence-corrected chi connectivity index (χ1v) is 10.2. The molecule has 1 aliphatic rings. The highest BCUT2D eigenvalue weighted by Gasteiger charge is 2.16. The summed E-state index contributed by atoms with van der Waals surface area (Å²) in [4.78, 5) is 17.1. The zero-order valence-corrected chi connectivity index (χ0v) is 18.4. The lowest BCUT2D eigenvalue weighted by molar-refractivity contribution is -0.116. The average Bonchev–Trinajstić information content (AvgIpc) is 2.72. The molecule has 0 radical (unpaired) electrons. The Balaban J connectivity index is 0.00000300. The minimum absolute atomic E-state index is 0. The summed E-state index contributed by atoms with van der Waals surface area (Å²) < 4.78 is 0. The fourth-order valence-electron chi connectivity index (χ4n) is 3.31. The predicted octanol–water partition coefficient (Wildman–Crippen LogP) is 4.73. The molecule has 2 aromatic carbocycles. The van der Waals surface area contributed by atoms with E-state index in [2.05, 4.69) is 51.5 Å². The summed E-state index contributed by atoms with van der Waals surface area (Å²) in [6.45, 7) is 7.76. The third-order valence-corrected chi connectivity index (χ3v) is 5.54. The standard InChI is InChI=1S/C23H28ClN3O.ClH/c1-19-21(24)10-5-11-22(19)25-23(28)12-14-27-17-15-26(16-18-27)13-6-9-20-7-3-2-4-8-20;/h2-11H,12-18H2,1H3,(H,25,28);1H. The Morgan fingerprint density at radius 1 is 1.03 bits per heavy atom. The van der Waals surface area contributed by atoms with E-state index in [9.17, 15) is 4.79 Å². The molecule has 4 nitrogen and oxygen atoms in total. The van der Waals surface area contributed by atoms with Crippen molar-refractivity contribution in [1.82, 2.24) is 9.80 Å². The van der Waals surface area contributed by atoms with Crippen molar-refractivity contribution in [3.63, 3.8) is 0 Å². The lowest BCUT2D eigenvalue weighted by Crippen LogP contribution is -2.46. The van der Waals surface area contributed by atoms with E-state index in [1.54, 1.807) is 0 Å². The van der Waals surface area contributed by atoms with E-state index >= 15 is 0 Å². The molecule has 1 heterocycles. The van der Waals surface area contributed by atoms with Gasteiger partial charge in [-0.2, -0.15) is 0 Å². The number of halogens is 2. The van der Waals surface area contributed by atoms with Crippen molar-refractivity contribution in [2.75, 3.05) is 44.6 Å². The molecule has 3 rings (SSSR count). The van der Waals surface area contributed by atoms with Gasteiger partial charge in [-0.05, 0) is 30.2 Å². The maximum Gasteiger partial charge on any atom is 0.225 e. The second-order valence-corrected chi connectivity index (χ2v) is 7.57. The Labute approximate surface area is 184 Å². The summed E-state index contributed by atoms with van der Waals surface area (Å²) >= 11 is 6.11. The van der Waals surface area contributed by atoms with Crippen molar-refractivity contribution in [2.24, 2.45) is 0 Å². The van der Waals surface area contributed by atoms with Gasteiger partial charge in [-0.15, -0.1) is 12.4 Å². The van der Waals surface area contributed by atoms with Gasteiger partial charge in [0.1, 0.15) is 0 Å². The van der Waals surface area contributed by atoms with Gasteiger partial charge in [-0.25, -0.2) is 0 Å². The van der Waals surface area contributed by atoms with E-state index in [0.29, 0.717) is 11.4 Å². The fraction of sp³-hybridized carbons (Fsp3) is 0.348. The van der Waals surface area contributed by atoms with Crippen molar-refractivity contribution in [3.8, 4) is 0 Å². The normalized spacial score (nSPS) is 15.2. The molecule has 2 aromatic rings. The molecule has 1 saturated heterocycles. The first-order valence-electron chi connectivity index (χ1n) is 9.83. The van der Waals surface area contributed by atoms with E-state index in [0.717, 1.165) is 50.5 Å². The van der Waals surface area contributed by atoms with Crippen LogP contribution in [0.15, 0.2) is 54.6 Å². The number of hydrogen-bond donors (Lipinski definition) is 1. The molecule has 1 amide bonds. The molecule has 1 aliphatic heterocycles. The molecule has 0 spiro atoms. The molecule has 0 unspecified atom stereocenters. The third-order valence-electron chi connectivity index (χ3n) is 5.14. The minimum atomic E-state index is 0. The Morgan fingerprint density at radius 2 is 1.72 bits per heavy atom. The highest BCUT2D eigenvalue weighted by Crippen LogP contribution is 2.23. The Morgan fingerprint density at radius 3 is 2.45 bits per heavy atom. The molecular weight excluding hydrogens is 405 g/mol. The van der Waals surface area contributed by atoms with Gasteiger partial charge in [0.05, 0.1) is 0 Å². The molecule has 156 valence electrons. The molecule has 1 N–H and O–H groups in total. The summed E-state index contributed by atoms with van der Waals surface area (Å²) in [7, 11) is 0. The second kappa shape index (κ2) is 12.0. The quantitative estimate of drug-likeness (QED) is 0.685. The highest BCUT2D eigenvalue weighted by atomic mass is 35.5. The molecule has 0 bridgehead atoms. The van der Waals surface area contributed by atoms with Gasteiger partial charge in [0.25, 0.3) is 0 Å². The van der Waals surface area contributed by atoms with Gasteiger partial charge in [-0.3, -0.25) is 9.69 Å². The van der Waals surface area contributed by atoms with Gasteiger partial charge in [0.2, 0.25) is 5.91 Å². The highest BCUT2D eigenvalue weighted by molar-refractivity contribution is 6.31. The van der Waals surface area contributed by atoms with E-state index in [4.69, 9.17) is 11.6 Å². The van der Waals surface area contributed by atoms with Crippen LogP contribution in [-0.2, 0) is 4.79 Å². The van der Waals surface area contributed by atoms with Crippen LogP contribution in [-0.4, -0.2) is 55.0 Å². The number of nitrogens with one attached hydrogen (secondary N) is 1. The Hall–Kier alpha value is -1.85. The van der Waals surface area contributed by atoms with Gasteiger partial charge in [0, 0.05) is 56.4 Å². The first kappa shape index (κ1) is 23.4. The molecular formula is C23H29Cl2N3O. The number of carbonyl (C=O) groups excluding carboxylic acids is 1. The summed E-state index contributed by atoms with van der Waals surface area (Å²) in [6, 6.07) is 16.0. The topological polar surface area (TPSA) is 35.6 Å². The zero-order valence-electron chi connectivity index (χ0n) is 16.8. The minimum Gasteiger partial charge on any atom is -0.326 e. The third kappa shape index (κ3) is 7.48. The van der Waals surface area contributed by atoms with Crippen molar-refractivity contribution in [2.45, 2.75) is 13.3 Å². The Bertz CT molecular complexity index is 803. The van der Waals surface area contributed by atoms with Crippen LogP contribution < -0.4 is 5.32 Å². The van der Waals surface area contributed by atoms with Crippen LogP contribution in [0.4, 0.5) is 5.69 Å². The molecule has 1 fully saturated rings. The summed E-state index contributed by atoms with van der Waals surface area (Å²) in [6.07, 6.45) is 4.90. The number of carbonyl (C=O) groups is 1. The SMILES string of the molecule is Cc1c(Cl)cccc1NC(=O)CCN1CCN(CC=Cc2ccccc2)CC1.Cl. The number of piperazine rings is 1. The van der Waals surface area contributed by atoms with E-state index in [-0.39, 0.29) is 18.3 Å².